The van der Waals surface area contributed by atoms with Gasteiger partial charge in [0.25, 0.3) is 15.7 Å². The highest BCUT2D eigenvalue weighted by molar-refractivity contribution is 7.92. The summed E-state index contributed by atoms with van der Waals surface area (Å²) in [6.45, 7) is 0. The molecule has 0 spiro atoms. The van der Waals surface area contributed by atoms with Gasteiger partial charge in [-0.15, -0.1) is 0 Å². The van der Waals surface area contributed by atoms with E-state index >= 15 is 0 Å². The molecule has 9 nitrogen and oxygen atoms in total. The first kappa shape index (κ1) is 17.2. The number of carboxylic acids is 1. The van der Waals surface area contributed by atoms with Gasteiger partial charge < -0.3 is 10.4 Å². The third-order valence-electron chi connectivity index (χ3n) is 3.11. The Hall–Kier alpha value is -3.14. The summed E-state index contributed by atoms with van der Waals surface area (Å²) >= 11 is 0. The van der Waals surface area contributed by atoms with E-state index in [2.05, 4.69) is 10.0 Å². The van der Waals surface area contributed by atoms with Crippen LogP contribution in [0.4, 0.5) is 17.1 Å². The van der Waals surface area contributed by atoms with Gasteiger partial charge in [-0.25, -0.2) is 13.2 Å². The van der Waals surface area contributed by atoms with E-state index in [0.717, 1.165) is 12.1 Å². The van der Waals surface area contributed by atoms with Crippen LogP contribution in [-0.4, -0.2) is 31.5 Å². The summed E-state index contributed by atoms with van der Waals surface area (Å²) in [6.07, 6.45) is 0. The lowest BCUT2D eigenvalue weighted by Gasteiger charge is -2.10. The molecule has 2 aromatic rings. The smallest absolute Gasteiger partial charge is 0.335 e. The molecule has 0 unspecified atom stereocenters. The molecule has 0 heterocycles. The van der Waals surface area contributed by atoms with E-state index in [0.29, 0.717) is 0 Å². The first-order valence-electron chi connectivity index (χ1n) is 6.57. The van der Waals surface area contributed by atoms with Gasteiger partial charge in [-0.3, -0.25) is 14.8 Å². The number of anilines is 2. The average molecular weight is 351 g/mol. The second-order valence-electron chi connectivity index (χ2n) is 4.68. The number of aromatic carboxylic acids is 1. The summed E-state index contributed by atoms with van der Waals surface area (Å²) in [4.78, 5) is 20.9. The summed E-state index contributed by atoms with van der Waals surface area (Å²) in [6, 6.07) is 8.63. The highest BCUT2D eigenvalue weighted by Gasteiger charge is 2.21. The Bertz CT molecular complexity index is 910. The van der Waals surface area contributed by atoms with Gasteiger partial charge in [0.15, 0.2) is 0 Å². The lowest BCUT2D eigenvalue weighted by atomic mass is 10.2. The summed E-state index contributed by atoms with van der Waals surface area (Å²) in [7, 11) is -2.63. The zero-order valence-electron chi connectivity index (χ0n) is 12.4. The van der Waals surface area contributed by atoms with Gasteiger partial charge in [0.2, 0.25) is 0 Å². The maximum atomic E-state index is 12.4. The molecule has 0 radical (unpaired) electrons. The fourth-order valence-corrected chi connectivity index (χ4v) is 3.04. The van der Waals surface area contributed by atoms with Gasteiger partial charge in [-0.1, -0.05) is 6.07 Å². The molecule has 3 N–H and O–H groups in total. The van der Waals surface area contributed by atoms with Crippen molar-refractivity contribution in [2.75, 3.05) is 17.1 Å². The summed E-state index contributed by atoms with van der Waals surface area (Å²) < 4.78 is 26.9. The third kappa shape index (κ3) is 3.60. The molecular weight excluding hydrogens is 338 g/mol. The van der Waals surface area contributed by atoms with E-state index in [1.807, 2.05) is 0 Å². The van der Waals surface area contributed by atoms with Crippen LogP contribution in [0.25, 0.3) is 0 Å². The minimum Gasteiger partial charge on any atom is -0.478 e. The number of carbonyl (C=O) groups is 1. The Morgan fingerprint density at radius 3 is 2.50 bits per heavy atom. The minimum atomic E-state index is -4.11. The zero-order valence-corrected chi connectivity index (χ0v) is 13.2. The van der Waals surface area contributed by atoms with E-state index < -0.39 is 20.9 Å². The van der Waals surface area contributed by atoms with Crippen LogP contribution in [0.3, 0.4) is 0 Å². The highest BCUT2D eigenvalue weighted by atomic mass is 32.2. The van der Waals surface area contributed by atoms with Gasteiger partial charge in [0, 0.05) is 18.8 Å². The molecule has 0 aliphatic rings. The molecule has 2 aromatic carbocycles. The Morgan fingerprint density at radius 1 is 1.21 bits per heavy atom. The topological polar surface area (TPSA) is 139 Å². The van der Waals surface area contributed by atoms with E-state index in [4.69, 9.17) is 5.11 Å². The molecule has 0 amide bonds. The first-order chi connectivity index (χ1) is 11.2. The molecule has 0 atom stereocenters. The largest absolute Gasteiger partial charge is 0.478 e. The van der Waals surface area contributed by atoms with Crippen LogP contribution in [0.1, 0.15) is 10.4 Å². The second kappa shape index (κ2) is 6.54. The second-order valence-corrected chi connectivity index (χ2v) is 6.36. The Labute approximate surface area is 137 Å². The summed E-state index contributed by atoms with van der Waals surface area (Å²) in [5.41, 5.74) is -0.270. The molecule has 2 rings (SSSR count). The SMILES string of the molecule is CNc1ccc(S(=O)(=O)Nc2cccc(C(=O)O)c2)cc1[N+](=O)[O-]. The van der Waals surface area contributed by atoms with Crippen molar-refractivity contribution >= 4 is 33.1 Å². The van der Waals surface area contributed by atoms with Gasteiger partial charge in [-0.2, -0.15) is 0 Å². The van der Waals surface area contributed by atoms with Crippen LogP contribution in [0.5, 0.6) is 0 Å². The molecule has 24 heavy (non-hydrogen) atoms. The van der Waals surface area contributed by atoms with Crippen molar-refractivity contribution in [3.63, 3.8) is 0 Å². The molecular formula is C14H13N3O6S. The number of nitro groups is 1. The number of sulfonamides is 1. The van der Waals surface area contributed by atoms with Crippen LogP contribution in [-0.2, 0) is 10.0 Å². The number of carboxylic acid groups (broad SMARTS) is 1. The molecule has 126 valence electrons. The lowest BCUT2D eigenvalue weighted by Crippen LogP contribution is -2.14. The lowest BCUT2D eigenvalue weighted by molar-refractivity contribution is -0.384. The quantitative estimate of drug-likeness (QED) is 0.535. The molecule has 0 saturated heterocycles. The Kier molecular flexibility index (Phi) is 4.69. The standard InChI is InChI=1S/C14H13N3O6S/c1-15-12-6-5-11(8-13(12)17(20)21)24(22,23)16-10-4-2-3-9(7-10)14(18)19/h2-8,15-16H,1H3,(H,18,19). The van der Waals surface area contributed by atoms with Gasteiger partial charge in [0.05, 0.1) is 15.4 Å². The molecule has 0 aliphatic heterocycles. The van der Waals surface area contributed by atoms with Gasteiger partial charge in [-0.05, 0) is 30.3 Å². The van der Waals surface area contributed by atoms with Crippen molar-refractivity contribution in [3.05, 3.63) is 58.1 Å². The first-order valence-corrected chi connectivity index (χ1v) is 8.05. The predicted octanol–water partition coefficient (Wildman–Crippen LogP) is 2.14. The maximum Gasteiger partial charge on any atom is 0.335 e. The van der Waals surface area contributed by atoms with Crippen LogP contribution in [0.2, 0.25) is 0 Å². The molecule has 10 heteroatoms. The van der Waals surface area contributed by atoms with Crippen molar-refractivity contribution in [1.29, 1.82) is 0 Å². The van der Waals surface area contributed by atoms with Crippen LogP contribution >= 0.6 is 0 Å². The number of nitrogens with zero attached hydrogens (tertiary/aromatic N) is 1. The number of benzene rings is 2. The number of nitrogens with one attached hydrogen (secondary N) is 2. The maximum absolute atomic E-state index is 12.4. The van der Waals surface area contributed by atoms with Crippen molar-refractivity contribution in [3.8, 4) is 0 Å². The summed E-state index contributed by atoms with van der Waals surface area (Å²) in [5.74, 6) is -1.20. The minimum absolute atomic E-state index is 0.0373. The number of hydrogen-bond donors (Lipinski definition) is 3. The van der Waals surface area contributed by atoms with E-state index in [1.165, 1.54) is 37.4 Å². The Balaban J connectivity index is 2.41. The van der Waals surface area contributed by atoms with Crippen LogP contribution in [0.15, 0.2) is 47.4 Å². The van der Waals surface area contributed by atoms with Crippen molar-refractivity contribution in [2.24, 2.45) is 0 Å². The van der Waals surface area contributed by atoms with E-state index in [-0.39, 0.29) is 27.5 Å². The number of nitro benzene ring substituents is 1. The molecule has 0 fully saturated rings. The van der Waals surface area contributed by atoms with Crippen molar-refractivity contribution in [2.45, 2.75) is 4.90 Å². The number of hydrogen-bond acceptors (Lipinski definition) is 6. The van der Waals surface area contributed by atoms with E-state index in [9.17, 15) is 23.3 Å². The molecule has 0 saturated carbocycles. The number of rotatable bonds is 6. The fourth-order valence-electron chi connectivity index (χ4n) is 1.97. The third-order valence-corrected chi connectivity index (χ3v) is 4.49. The highest BCUT2D eigenvalue weighted by Crippen LogP contribution is 2.28. The van der Waals surface area contributed by atoms with Gasteiger partial charge >= 0.3 is 5.97 Å². The normalized spacial score (nSPS) is 10.9. The van der Waals surface area contributed by atoms with Crippen LogP contribution < -0.4 is 10.0 Å². The van der Waals surface area contributed by atoms with Gasteiger partial charge in [0.1, 0.15) is 5.69 Å². The fraction of sp³-hybridized carbons (Fsp3) is 0.0714. The van der Waals surface area contributed by atoms with Crippen molar-refractivity contribution < 1.29 is 23.2 Å². The van der Waals surface area contributed by atoms with E-state index in [1.54, 1.807) is 0 Å². The summed E-state index contributed by atoms with van der Waals surface area (Å²) in [5, 5.41) is 22.5. The monoisotopic (exact) mass is 351 g/mol. The molecule has 0 aliphatic carbocycles. The average Bonchev–Trinajstić information content (AvgIpc) is 2.53. The van der Waals surface area contributed by atoms with Crippen LogP contribution in [0, 0.1) is 10.1 Å². The zero-order chi connectivity index (χ0) is 17.9. The molecule has 0 aromatic heterocycles. The molecule has 0 bridgehead atoms. The predicted molar refractivity (Wildman–Crippen MR) is 86.9 cm³/mol. The Morgan fingerprint density at radius 2 is 1.92 bits per heavy atom. The van der Waals surface area contributed by atoms with Crippen molar-refractivity contribution in [1.82, 2.24) is 0 Å².